The van der Waals surface area contributed by atoms with E-state index in [1.54, 1.807) is 11.6 Å². The van der Waals surface area contributed by atoms with E-state index in [1.165, 1.54) is 46.4 Å². The fourth-order valence-electron chi connectivity index (χ4n) is 2.52. The van der Waals surface area contributed by atoms with Crippen molar-refractivity contribution in [3.05, 3.63) is 65.4 Å². The molecule has 3 aromatic heterocycles. The van der Waals surface area contributed by atoms with Crippen molar-refractivity contribution in [2.75, 3.05) is 5.32 Å². The summed E-state index contributed by atoms with van der Waals surface area (Å²) in [7, 11) is 0. The zero-order valence-electron chi connectivity index (χ0n) is 13.4. The number of nitrogens with one attached hydrogen (secondary N) is 1. The standard InChI is InChI=1S/C17H10F3N5OS/c18-17(19,20)11-3-1-2-10(8-11)13-9-25-14(23-13)12(4-5-22-25)15(26)24-16-21-6-7-27-16/h1-9H,(H,21,24,26). The SMILES string of the molecule is O=C(Nc1nccs1)c1ccnn2cc(-c3cccc(C(F)(F)F)c3)nc12. The van der Waals surface area contributed by atoms with Gasteiger partial charge in [-0.2, -0.15) is 18.3 Å². The van der Waals surface area contributed by atoms with Crippen LogP contribution < -0.4 is 5.32 Å². The van der Waals surface area contributed by atoms with Crippen LogP contribution in [0.25, 0.3) is 16.9 Å². The molecule has 0 aliphatic heterocycles. The van der Waals surface area contributed by atoms with Gasteiger partial charge in [-0.15, -0.1) is 11.3 Å². The maximum absolute atomic E-state index is 12.9. The van der Waals surface area contributed by atoms with Crippen LogP contribution in [0.5, 0.6) is 0 Å². The van der Waals surface area contributed by atoms with Gasteiger partial charge in [0.15, 0.2) is 10.8 Å². The number of hydrogen-bond acceptors (Lipinski definition) is 5. The average molecular weight is 389 g/mol. The van der Waals surface area contributed by atoms with Crippen molar-refractivity contribution in [1.29, 1.82) is 0 Å². The van der Waals surface area contributed by atoms with Crippen LogP contribution in [0, 0.1) is 0 Å². The van der Waals surface area contributed by atoms with Crippen molar-refractivity contribution in [3.8, 4) is 11.3 Å². The van der Waals surface area contributed by atoms with Crippen LogP contribution in [0.2, 0.25) is 0 Å². The second-order valence-corrected chi connectivity index (χ2v) is 6.40. The highest BCUT2D eigenvalue weighted by atomic mass is 32.1. The van der Waals surface area contributed by atoms with E-state index in [4.69, 9.17) is 0 Å². The number of carbonyl (C=O) groups excluding carboxylic acids is 1. The van der Waals surface area contributed by atoms with E-state index in [0.29, 0.717) is 5.13 Å². The van der Waals surface area contributed by atoms with Crippen molar-refractivity contribution in [1.82, 2.24) is 19.6 Å². The molecule has 0 atom stereocenters. The van der Waals surface area contributed by atoms with Gasteiger partial charge in [-0.1, -0.05) is 12.1 Å². The summed E-state index contributed by atoms with van der Waals surface area (Å²) in [5.74, 6) is -0.432. The molecule has 0 spiro atoms. The van der Waals surface area contributed by atoms with Crippen LogP contribution in [0.4, 0.5) is 18.3 Å². The van der Waals surface area contributed by atoms with E-state index >= 15 is 0 Å². The topological polar surface area (TPSA) is 72.2 Å². The number of anilines is 1. The Labute approximate surface area is 154 Å². The van der Waals surface area contributed by atoms with Gasteiger partial charge in [0, 0.05) is 23.3 Å². The predicted molar refractivity (Wildman–Crippen MR) is 93.5 cm³/mol. The first kappa shape index (κ1) is 17.2. The second kappa shape index (κ2) is 6.47. The van der Waals surface area contributed by atoms with E-state index in [2.05, 4.69) is 20.4 Å². The molecule has 10 heteroatoms. The lowest BCUT2D eigenvalue weighted by molar-refractivity contribution is -0.137. The zero-order valence-corrected chi connectivity index (χ0v) is 14.3. The molecule has 27 heavy (non-hydrogen) atoms. The summed E-state index contributed by atoms with van der Waals surface area (Å²) in [4.78, 5) is 20.8. The van der Waals surface area contributed by atoms with Crippen LogP contribution in [0.15, 0.2) is 54.3 Å². The Morgan fingerprint density at radius 3 is 2.78 bits per heavy atom. The summed E-state index contributed by atoms with van der Waals surface area (Å²) in [5, 5.41) is 8.88. The Kier molecular flexibility index (Phi) is 4.11. The number of nitrogens with zero attached hydrogens (tertiary/aromatic N) is 4. The molecule has 1 aromatic carbocycles. The number of benzene rings is 1. The molecule has 0 unspecified atom stereocenters. The van der Waals surface area contributed by atoms with Gasteiger partial charge in [-0.25, -0.2) is 14.5 Å². The van der Waals surface area contributed by atoms with Gasteiger partial charge in [0.05, 0.1) is 23.0 Å². The predicted octanol–water partition coefficient (Wildman–Crippen LogP) is 4.12. The number of alkyl halides is 3. The first-order valence-corrected chi connectivity index (χ1v) is 8.52. The largest absolute Gasteiger partial charge is 0.416 e. The molecule has 1 amide bonds. The molecule has 0 radical (unpaired) electrons. The van der Waals surface area contributed by atoms with Gasteiger partial charge >= 0.3 is 6.18 Å². The molecule has 136 valence electrons. The molecule has 3 heterocycles. The highest BCUT2D eigenvalue weighted by Gasteiger charge is 2.30. The average Bonchev–Trinajstić information content (AvgIpc) is 3.30. The summed E-state index contributed by atoms with van der Waals surface area (Å²) < 4.78 is 40.2. The number of thiazole rings is 1. The minimum absolute atomic E-state index is 0.235. The molecule has 0 saturated heterocycles. The van der Waals surface area contributed by atoms with Gasteiger partial charge in [0.25, 0.3) is 5.91 Å². The summed E-state index contributed by atoms with van der Waals surface area (Å²) in [6.45, 7) is 0. The first-order valence-electron chi connectivity index (χ1n) is 7.65. The van der Waals surface area contributed by atoms with Crippen molar-refractivity contribution in [2.45, 2.75) is 6.18 Å². The lowest BCUT2D eigenvalue weighted by Gasteiger charge is -2.07. The number of imidazole rings is 1. The smallest absolute Gasteiger partial charge is 0.298 e. The van der Waals surface area contributed by atoms with Gasteiger partial charge < -0.3 is 0 Å². The molecule has 6 nitrogen and oxygen atoms in total. The molecule has 0 fully saturated rings. The van der Waals surface area contributed by atoms with E-state index in [1.807, 2.05) is 0 Å². The number of hydrogen-bond donors (Lipinski definition) is 1. The Balaban J connectivity index is 1.74. The molecular formula is C17H10F3N5OS. The Hall–Kier alpha value is -3.27. The molecule has 4 rings (SSSR count). The number of fused-ring (bicyclic) bond motifs is 1. The van der Waals surface area contributed by atoms with E-state index in [-0.39, 0.29) is 22.5 Å². The van der Waals surface area contributed by atoms with Crippen LogP contribution in [-0.4, -0.2) is 25.5 Å². The van der Waals surface area contributed by atoms with Crippen LogP contribution in [0.1, 0.15) is 15.9 Å². The maximum atomic E-state index is 12.9. The number of aromatic nitrogens is 4. The highest BCUT2D eigenvalue weighted by molar-refractivity contribution is 7.13. The maximum Gasteiger partial charge on any atom is 0.416 e. The molecule has 0 bridgehead atoms. The normalized spacial score (nSPS) is 11.7. The monoisotopic (exact) mass is 389 g/mol. The zero-order chi connectivity index (χ0) is 19.0. The molecule has 0 aliphatic carbocycles. The Morgan fingerprint density at radius 1 is 1.19 bits per heavy atom. The van der Waals surface area contributed by atoms with Crippen molar-refractivity contribution >= 4 is 28.0 Å². The summed E-state index contributed by atoms with van der Waals surface area (Å²) >= 11 is 1.26. The summed E-state index contributed by atoms with van der Waals surface area (Å²) in [6.07, 6.45) is 0.00219. The van der Waals surface area contributed by atoms with Crippen LogP contribution in [0.3, 0.4) is 0 Å². The highest BCUT2D eigenvalue weighted by Crippen LogP contribution is 2.32. The quantitative estimate of drug-likeness (QED) is 0.572. The Morgan fingerprint density at radius 2 is 2.04 bits per heavy atom. The Bertz CT molecular complexity index is 1120. The fourth-order valence-corrected chi connectivity index (χ4v) is 3.04. The van der Waals surface area contributed by atoms with Gasteiger partial charge in [0.1, 0.15) is 0 Å². The van der Waals surface area contributed by atoms with E-state index < -0.39 is 17.6 Å². The minimum Gasteiger partial charge on any atom is -0.298 e. The van der Waals surface area contributed by atoms with Gasteiger partial charge in [-0.3, -0.25) is 10.1 Å². The first-order chi connectivity index (χ1) is 12.9. The van der Waals surface area contributed by atoms with E-state index in [0.717, 1.165) is 12.1 Å². The summed E-state index contributed by atoms with van der Waals surface area (Å²) in [6, 6.07) is 6.32. The third kappa shape index (κ3) is 3.38. The molecule has 1 N–H and O–H groups in total. The fraction of sp³-hybridized carbons (Fsp3) is 0.0588. The van der Waals surface area contributed by atoms with Crippen LogP contribution >= 0.6 is 11.3 Å². The second-order valence-electron chi connectivity index (χ2n) is 5.51. The molecule has 0 saturated carbocycles. The van der Waals surface area contributed by atoms with Crippen LogP contribution in [-0.2, 0) is 6.18 Å². The third-order valence-electron chi connectivity index (χ3n) is 3.74. The van der Waals surface area contributed by atoms with Gasteiger partial charge in [-0.05, 0) is 18.2 Å². The number of carbonyl (C=O) groups is 1. The minimum atomic E-state index is -4.45. The lowest BCUT2D eigenvalue weighted by Crippen LogP contribution is -2.13. The van der Waals surface area contributed by atoms with Crippen molar-refractivity contribution in [3.63, 3.8) is 0 Å². The number of rotatable bonds is 3. The molecular weight excluding hydrogens is 379 g/mol. The van der Waals surface area contributed by atoms with Crippen molar-refractivity contribution in [2.24, 2.45) is 0 Å². The number of halogens is 3. The van der Waals surface area contributed by atoms with Crippen molar-refractivity contribution < 1.29 is 18.0 Å². The molecule has 0 aliphatic rings. The number of amides is 1. The third-order valence-corrected chi connectivity index (χ3v) is 4.43. The summed E-state index contributed by atoms with van der Waals surface area (Å²) in [5.41, 5.74) is 0.258. The molecule has 4 aromatic rings. The van der Waals surface area contributed by atoms with Gasteiger partial charge in [0.2, 0.25) is 0 Å². The van der Waals surface area contributed by atoms with E-state index in [9.17, 15) is 18.0 Å². The lowest BCUT2D eigenvalue weighted by atomic mass is 10.1.